The summed E-state index contributed by atoms with van der Waals surface area (Å²) in [5.74, 6) is 2.38. The van der Waals surface area contributed by atoms with E-state index in [1.807, 2.05) is 6.07 Å². The summed E-state index contributed by atoms with van der Waals surface area (Å²) < 4.78 is 5.61. The fourth-order valence-corrected chi connectivity index (χ4v) is 4.85. The number of primary amides is 1. The van der Waals surface area contributed by atoms with Crippen LogP contribution in [0.15, 0.2) is 10.5 Å². The third-order valence-electron chi connectivity index (χ3n) is 5.72. The standard InChI is InChI=1S/C16H23N3O2/c1-2-14-9(5-15(21-14)16(17)20)8-19-12-3-4-13(19)11-7-18-6-10(11)12/h5,10-13,18H,2-4,6-8H2,1H3,(H2,17,20)/t10-,11+,12-,13+. The van der Waals surface area contributed by atoms with Crippen LogP contribution in [-0.2, 0) is 13.0 Å². The minimum absolute atomic E-state index is 0.301. The van der Waals surface area contributed by atoms with Crippen molar-refractivity contribution in [1.82, 2.24) is 10.2 Å². The number of hydrogen-bond acceptors (Lipinski definition) is 4. The number of carbonyl (C=O) groups excluding carboxylic acids is 1. The van der Waals surface area contributed by atoms with Crippen molar-refractivity contribution in [3.8, 4) is 0 Å². The monoisotopic (exact) mass is 289 g/mol. The van der Waals surface area contributed by atoms with Gasteiger partial charge >= 0.3 is 0 Å². The normalized spacial score (nSPS) is 34.5. The van der Waals surface area contributed by atoms with Crippen molar-refractivity contribution >= 4 is 5.91 Å². The summed E-state index contributed by atoms with van der Waals surface area (Å²) >= 11 is 0. The van der Waals surface area contributed by atoms with E-state index in [2.05, 4.69) is 17.1 Å². The van der Waals surface area contributed by atoms with Crippen LogP contribution in [-0.4, -0.2) is 36.0 Å². The molecule has 1 aromatic rings. The molecule has 0 unspecified atom stereocenters. The number of nitrogens with zero attached hydrogens (tertiary/aromatic N) is 1. The van der Waals surface area contributed by atoms with Crippen molar-refractivity contribution in [2.75, 3.05) is 13.1 Å². The Balaban J connectivity index is 1.58. The molecular weight excluding hydrogens is 266 g/mol. The summed E-state index contributed by atoms with van der Waals surface area (Å²) in [5.41, 5.74) is 6.50. The third-order valence-corrected chi connectivity index (χ3v) is 5.72. The minimum Gasteiger partial charge on any atom is -0.456 e. The largest absolute Gasteiger partial charge is 0.456 e. The van der Waals surface area contributed by atoms with Crippen molar-refractivity contribution in [3.63, 3.8) is 0 Å². The molecule has 4 rings (SSSR count). The fraction of sp³-hybridized carbons (Fsp3) is 0.688. The number of carbonyl (C=O) groups is 1. The fourth-order valence-electron chi connectivity index (χ4n) is 4.85. The number of amides is 1. The Kier molecular flexibility index (Phi) is 3.08. The van der Waals surface area contributed by atoms with E-state index >= 15 is 0 Å². The first-order chi connectivity index (χ1) is 10.2. The molecule has 3 fully saturated rings. The zero-order chi connectivity index (χ0) is 14.6. The van der Waals surface area contributed by atoms with E-state index in [-0.39, 0.29) is 0 Å². The van der Waals surface area contributed by atoms with Crippen LogP contribution in [0.4, 0.5) is 0 Å². The van der Waals surface area contributed by atoms with E-state index in [1.54, 1.807) is 0 Å². The van der Waals surface area contributed by atoms with Crippen LogP contribution in [0.1, 0.15) is 41.6 Å². The molecule has 0 spiro atoms. The maximum absolute atomic E-state index is 11.3. The van der Waals surface area contributed by atoms with E-state index in [4.69, 9.17) is 10.2 Å². The lowest BCUT2D eigenvalue weighted by atomic mass is 9.82. The predicted octanol–water partition coefficient (Wildman–Crippen LogP) is 1.12. The van der Waals surface area contributed by atoms with Gasteiger partial charge in [-0.1, -0.05) is 6.92 Å². The smallest absolute Gasteiger partial charge is 0.284 e. The lowest BCUT2D eigenvalue weighted by molar-refractivity contribution is 0.0972. The number of rotatable bonds is 4. The van der Waals surface area contributed by atoms with E-state index in [0.29, 0.717) is 17.8 Å². The quantitative estimate of drug-likeness (QED) is 0.871. The molecule has 0 aromatic carbocycles. The first kappa shape index (κ1) is 13.3. The molecule has 0 radical (unpaired) electrons. The van der Waals surface area contributed by atoms with Gasteiger partial charge in [0.2, 0.25) is 0 Å². The third kappa shape index (κ3) is 1.94. The summed E-state index contributed by atoms with van der Waals surface area (Å²) in [6.45, 7) is 5.30. The van der Waals surface area contributed by atoms with Crippen LogP contribution >= 0.6 is 0 Å². The van der Waals surface area contributed by atoms with Gasteiger partial charge in [-0.15, -0.1) is 0 Å². The molecule has 0 aliphatic carbocycles. The molecule has 1 amide bonds. The van der Waals surface area contributed by atoms with Crippen molar-refractivity contribution in [2.45, 2.75) is 44.8 Å². The Morgan fingerprint density at radius 2 is 2.05 bits per heavy atom. The van der Waals surface area contributed by atoms with Crippen LogP contribution < -0.4 is 11.1 Å². The Hall–Kier alpha value is -1.33. The summed E-state index contributed by atoms with van der Waals surface area (Å²) in [6.07, 6.45) is 3.44. The topological polar surface area (TPSA) is 71.5 Å². The molecule has 3 saturated heterocycles. The summed E-state index contributed by atoms with van der Waals surface area (Å²) in [7, 11) is 0. The molecule has 3 N–H and O–H groups in total. The molecule has 5 nitrogen and oxygen atoms in total. The van der Waals surface area contributed by atoms with Gasteiger partial charge in [0.05, 0.1) is 0 Å². The Morgan fingerprint density at radius 1 is 1.38 bits per heavy atom. The van der Waals surface area contributed by atoms with E-state index in [9.17, 15) is 4.79 Å². The van der Waals surface area contributed by atoms with Gasteiger partial charge in [-0.05, 0) is 43.8 Å². The van der Waals surface area contributed by atoms with E-state index in [1.165, 1.54) is 25.9 Å². The zero-order valence-electron chi connectivity index (χ0n) is 12.5. The van der Waals surface area contributed by atoms with E-state index in [0.717, 1.165) is 36.1 Å². The number of hydrogen-bond donors (Lipinski definition) is 2. The minimum atomic E-state index is -0.471. The highest BCUT2D eigenvalue weighted by molar-refractivity contribution is 5.90. The number of nitrogens with two attached hydrogens (primary N) is 1. The number of furan rings is 1. The van der Waals surface area contributed by atoms with Crippen molar-refractivity contribution in [1.29, 1.82) is 0 Å². The van der Waals surface area contributed by atoms with E-state index < -0.39 is 5.91 Å². The van der Waals surface area contributed by atoms with Crippen LogP contribution in [0.25, 0.3) is 0 Å². The average Bonchev–Trinajstić information content (AvgIpc) is 3.19. The number of aryl methyl sites for hydroxylation is 1. The van der Waals surface area contributed by atoms with Gasteiger partial charge in [0.1, 0.15) is 5.76 Å². The van der Waals surface area contributed by atoms with Crippen molar-refractivity contribution in [3.05, 3.63) is 23.2 Å². The molecule has 3 aliphatic rings. The SMILES string of the molecule is CCc1oc(C(N)=O)cc1CN1[C@@H]2CC[C@H]1[C@H]1CNC[C@H]12. The molecule has 3 aliphatic heterocycles. The average molecular weight is 289 g/mol. The second kappa shape index (κ2) is 4.85. The van der Waals surface area contributed by atoms with Gasteiger partial charge in [0.25, 0.3) is 5.91 Å². The molecular formula is C16H23N3O2. The van der Waals surface area contributed by atoms with Gasteiger partial charge in [-0.2, -0.15) is 0 Å². The zero-order valence-corrected chi connectivity index (χ0v) is 12.5. The van der Waals surface area contributed by atoms with Gasteiger partial charge in [-0.3, -0.25) is 9.69 Å². The highest BCUT2D eigenvalue weighted by Gasteiger charge is 2.54. The Labute approximate surface area is 124 Å². The summed E-state index contributed by atoms with van der Waals surface area (Å²) in [5, 5.41) is 3.54. The summed E-state index contributed by atoms with van der Waals surface area (Å²) in [6, 6.07) is 3.26. The van der Waals surface area contributed by atoms with Gasteiger partial charge in [0, 0.05) is 30.6 Å². The number of fused-ring (bicyclic) bond motifs is 5. The van der Waals surface area contributed by atoms with Gasteiger partial charge < -0.3 is 15.5 Å². The van der Waals surface area contributed by atoms with Crippen LogP contribution in [0.5, 0.6) is 0 Å². The molecule has 21 heavy (non-hydrogen) atoms. The first-order valence-electron chi connectivity index (χ1n) is 8.07. The maximum atomic E-state index is 11.3. The Morgan fingerprint density at radius 3 is 2.62 bits per heavy atom. The predicted molar refractivity (Wildman–Crippen MR) is 78.8 cm³/mol. The summed E-state index contributed by atoms with van der Waals surface area (Å²) in [4.78, 5) is 14.0. The van der Waals surface area contributed by atoms with Crippen LogP contribution in [0.3, 0.4) is 0 Å². The van der Waals surface area contributed by atoms with Crippen molar-refractivity contribution < 1.29 is 9.21 Å². The second-order valence-electron chi connectivity index (χ2n) is 6.65. The Bertz CT molecular complexity index is 550. The highest BCUT2D eigenvalue weighted by Crippen LogP contribution is 2.48. The lowest BCUT2D eigenvalue weighted by Crippen LogP contribution is -2.33. The number of nitrogens with one attached hydrogen (secondary N) is 1. The molecule has 5 heteroatoms. The van der Waals surface area contributed by atoms with Gasteiger partial charge in [-0.25, -0.2) is 0 Å². The molecule has 114 valence electrons. The van der Waals surface area contributed by atoms with Crippen LogP contribution in [0.2, 0.25) is 0 Å². The highest BCUT2D eigenvalue weighted by atomic mass is 16.3. The second-order valence-corrected chi connectivity index (χ2v) is 6.65. The first-order valence-corrected chi connectivity index (χ1v) is 8.07. The molecule has 0 saturated carbocycles. The van der Waals surface area contributed by atoms with Crippen LogP contribution in [0, 0.1) is 11.8 Å². The van der Waals surface area contributed by atoms with Gasteiger partial charge in [0.15, 0.2) is 5.76 Å². The maximum Gasteiger partial charge on any atom is 0.284 e. The lowest BCUT2D eigenvalue weighted by Gasteiger charge is -2.24. The van der Waals surface area contributed by atoms with Crippen molar-refractivity contribution in [2.24, 2.45) is 17.6 Å². The molecule has 4 heterocycles. The molecule has 4 atom stereocenters. The molecule has 2 bridgehead atoms. The molecule has 1 aromatic heterocycles.